The van der Waals surface area contributed by atoms with E-state index in [0.717, 1.165) is 0 Å². The Bertz CT molecular complexity index is 377. The second-order valence-corrected chi connectivity index (χ2v) is 31.3. The first-order chi connectivity index (χ1) is 11.0. The van der Waals surface area contributed by atoms with Crippen molar-refractivity contribution < 1.29 is 17.7 Å². The van der Waals surface area contributed by atoms with Crippen LogP contribution < -0.4 is 0 Å². The molecule has 0 aliphatic rings. The van der Waals surface area contributed by atoms with E-state index >= 15 is 0 Å². The molecule has 0 aromatic rings. The van der Waals surface area contributed by atoms with Crippen LogP contribution in [0, 0.1) is 0 Å². The third kappa shape index (κ3) is 14.4. The Morgan fingerprint density at radius 3 is 0.692 bits per heavy atom. The molecule has 0 aliphatic carbocycles. The van der Waals surface area contributed by atoms with Gasteiger partial charge >= 0.3 is 0 Å². The minimum Gasteiger partial charge on any atom is -0.383 e. The molecule has 0 fully saturated rings. The molecule has 0 saturated carbocycles. The van der Waals surface area contributed by atoms with Crippen molar-refractivity contribution in [1.29, 1.82) is 0 Å². The third-order valence-corrected chi connectivity index (χ3v) is 10.00. The SMILES string of the molecule is CC(O[Si](C)(C)C)(O[Si](C)(C)C)SSC(C)(O[Si](C)(C)C)O[Si](C)(C)C. The summed E-state index contributed by atoms with van der Waals surface area (Å²) in [6.07, 6.45) is 0. The van der Waals surface area contributed by atoms with Crippen molar-refractivity contribution in [2.75, 3.05) is 0 Å². The van der Waals surface area contributed by atoms with Gasteiger partial charge in [0, 0.05) is 0 Å². The summed E-state index contributed by atoms with van der Waals surface area (Å²) in [5.74, 6) is 0. The van der Waals surface area contributed by atoms with E-state index in [9.17, 15) is 0 Å². The fourth-order valence-electron chi connectivity index (χ4n) is 2.49. The van der Waals surface area contributed by atoms with Gasteiger partial charge in [-0.1, -0.05) is 0 Å². The van der Waals surface area contributed by atoms with E-state index in [1.165, 1.54) is 0 Å². The van der Waals surface area contributed by atoms with Gasteiger partial charge in [0.15, 0.2) is 33.3 Å². The van der Waals surface area contributed by atoms with Crippen molar-refractivity contribution in [1.82, 2.24) is 0 Å². The van der Waals surface area contributed by atoms with Crippen LogP contribution in [-0.4, -0.2) is 43.5 Å². The van der Waals surface area contributed by atoms with Crippen molar-refractivity contribution in [2.45, 2.75) is 103 Å². The average Bonchev–Trinajstić information content (AvgIpc) is 2.15. The van der Waals surface area contributed by atoms with Crippen molar-refractivity contribution in [3.05, 3.63) is 0 Å². The Morgan fingerprint density at radius 2 is 0.577 bits per heavy atom. The summed E-state index contributed by atoms with van der Waals surface area (Å²) in [5, 5.41) is -1.40. The lowest BCUT2D eigenvalue weighted by Gasteiger charge is -2.43. The van der Waals surface area contributed by atoms with Gasteiger partial charge in [0.25, 0.3) is 0 Å². The average molecular weight is 475 g/mol. The van der Waals surface area contributed by atoms with E-state index in [4.69, 9.17) is 17.7 Å². The summed E-state index contributed by atoms with van der Waals surface area (Å²) in [6.45, 7) is 30.4. The lowest BCUT2D eigenvalue weighted by atomic mass is 10.8. The predicted molar refractivity (Wildman–Crippen MR) is 130 cm³/mol. The van der Waals surface area contributed by atoms with Crippen LogP contribution in [0.2, 0.25) is 78.6 Å². The maximum atomic E-state index is 6.46. The molecule has 0 bridgehead atoms. The van der Waals surface area contributed by atoms with Crippen LogP contribution in [0.25, 0.3) is 0 Å². The van der Waals surface area contributed by atoms with Gasteiger partial charge in [-0.05, 0) is 114 Å². The first kappa shape index (κ1) is 27.4. The minimum absolute atomic E-state index is 0.702. The van der Waals surface area contributed by atoms with E-state index in [2.05, 4.69) is 78.6 Å². The van der Waals surface area contributed by atoms with Crippen molar-refractivity contribution in [3.8, 4) is 0 Å². The molecule has 0 amide bonds. The van der Waals surface area contributed by atoms with Crippen LogP contribution in [0.3, 0.4) is 0 Å². The first-order valence-corrected chi connectivity index (χ1v) is 25.0. The lowest BCUT2D eigenvalue weighted by molar-refractivity contribution is -0.0301. The third-order valence-electron chi connectivity index (χ3n) is 2.31. The van der Waals surface area contributed by atoms with Crippen LogP contribution in [-0.2, 0) is 17.7 Å². The van der Waals surface area contributed by atoms with Crippen LogP contribution in [0.5, 0.6) is 0 Å². The summed E-state index contributed by atoms with van der Waals surface area (Å²) in [4.78, 5) is 0. The van der Waals surface area contributed by atoms with E-state index in [-0.39, 0.29) is 0 Å². The molecule has 0 N–H and O–H groups in total. The molecule has 0 radical (unpaired) electrons. The monoisotopic (exact) mass is 474 g/mol. The van der Waals surface area contributed by atoms with Crippen molar-refractivity contribution in [2.24, 2.45) is 0 Å². The van der Waals surface area contributed by atoms with E-state index in [1.54, 1.807) is 21.6 Å². The van der Waals surface area contributed by atoms with Gasteiger partial charge in [0.1, 0.15) is 0 Å². The molecule has 0 aromatic carbocycles. The zero-order valence-corrected chi connectivity index (χ0v) is 25.1. The van der Waals surface area contributed by atoms with E-state index in [0.29, 0.717) is 0 Å². The highest BCUT2D eigenvalue weighted by atomic mass is 33.1. The lowest BCUT2D eigenvalue weighted by Crippen LogP contribution is -2.48. The van der Waals surface area contributed by atoms with Gasteiger partial charge in [-0.2, -0.15) is 0 Å². The second kappa shape index (κ2) is 9.05. The molecule has 0 rings (SSSR count). The van der Waals surface area contributed by atoms with Crippen molar-refractivity contribution >= 4 is 54.9 Å². The molecule has 158 valence electrons. The van der Waals surface area contributed by atoms with Crippen molar-refractivity contribution in [3.63, 3.8) is 0 Å². The Kier molecular flexibility index (Phi) is 9.54. The zero-order chi connectivity index (χ0) is 21.2. The highest BCUT2D eigenvalue weighted by molar-refractivity contribution is 8.77. The molecule has 0 saturated heterocycles. The summed E-state index contributed by atoms with van der Waals surface area (Å²) in [5.41, 5.74) is 0. The van der Waals surface area contributed by atoms with Gasteiger partial charge in [0.2, 0.25) is 10.2 Å². The highest BCUT2D eigenvalue weighted by Gasteiger charge is 2.43. The fourth-order valence-corrected chi connectivity index (χ4v) is 13.2. The smallest absolute Gasteiger partial charge is 0.206 e. The largest absolute Gasteiger partial charge is 0.383 e. The molecule has 0 unspecified atom stereocenters. The molecule has 0 heterocycles. The molecule has 4 nitrogen and oxygen atoms in total. The van der Waals surface area contributed by atoms with E-state index < -0.39 is 43.5 Å². The molecular formula is C16H42O4S2Si4. The highest BCUT2D eigenvalue weighted by Crippen LogP contribution is 2.49. The summed E-state index contributed by atoms with van der Waals surface area (Å²) in [7, 11) is -3.93. The Balaban J connectivity index is 5.50. The number of hydrogen-bond donors (Lipinski definition) is 0. The minimum atomic E-state index is -1.78. The van der Waals surface area contributed by atoms with Gasteiger partial charge in [0.05, 0.1) is 0 Å². The fraction of sp³-hybridized carbons (Fsp3) is 1.00. The molecule has 0 aliphatic heterocycles. The van der Waals surface area contributed by atoms with Crippen LogP contribution in [0.15, 0.2) is 0 Å². The topological polar surface area (TPSA) is 36.9 Å². The quantitative estimate of drug-likeness (QED) is 0.180. The second-order valence-electron chi connectivity index (χ2n) is 10.7. The van der Waals surface area contributed by atoms with Crippen LogP contribution in [0.1, 0.15) is 13.8 Å². The van der Waals surface area contributed by atoms with Gasteiger partial charge < -0.3 is 17.7 Å². The van der Waals surface area contributed by atoms with Gasteiger partial charge in [-0.3, -0.25) is 0 Å². The Hall–Kier alpha value is 1.41. The van der Waals surface area contributed by atoms with Crippen LogP contribution in [0.4, 0.5) is 0 Å². The first-order valence-electron chi connectivity index (χ1n) is 9.21. The molecular weight excluding hydrogens is 433 g/mol. The van der Waals surface area contributed by atoms with Gasteiger partial charge in [-0.15, -0.1) is 0 Å². The summed E-state index contributed by atoms with van der Waals surface area (Å²) >= 11 is 0. The number of hydrogen-bond acceptors (Lipinski definition) is 6. The summed E-state index contributed by atoms with van der Waals surface area (Å²) in [6, 6.07) is 0. The zero-order valence-electron chi connectivity index (χ0n) is 19.4. The molecule has 0 atom stereocenters. The van der Waals surface area contributed by atoms with Crippen LogP contribution >= 0.6 is 21.6 Å². The molecule has 0 spiro atoms. The molecule has 26 heavy (non-hydrogen) atoms. The number of rotatable bonds is 11. The van der Waals surface area contributed by atoms with E-state index in [1.807, 2.05) is 13.8 Å². The van der Waals surface area contributed by atoms with Gasteiger partial charge in [-0.25, -0.2) is 0 Å². The molecule has 0 aromatic heterocycles. The predicted octanol–water partition coefficient (Wildman–Crippen LogP) is 7.12. The Labute approximate surface area is 174 Å². The standard InChI is InChI=1S/C16H42O4S2Si4/c1-15(17-23(3,4)5,18-24(6,7)8)21-22-16(2,19-25(9,10)11)20-26(12,13)14/h1-14H3. The molecule has 10 heteroatoms. The maximum Gasteiger partial charge on any atom is 0.206 e. The normalized spacial score (nSPS) is 15.5. The Morgan fingerprint density at radius 1 is 0.423 bits per heavy atom. The summed E-state index contributed by atoms with van der Waals surface area (Å²) < 4.78 is 25.8. The maximum absolute atomic E-state index is 6.46.